The van der Waals surface area contributed by atoms with Gasteiger partial charge < -0.3 is 39.5 Å². The molecule has 0 saturated carbocycles. The lowest BCUT2D eigenvalue weighted by Crippen LogP contribution is -2.33. The molecule has 12 nitrogen and oxygen atoms in total. The van der Waals surface area contributed by atoms with Crippen LogP contribution in [0.15, 0.2) is 54.6 Å². The van der Waals surface area contributed by atoms with Gasteiger partial charge in [0.1, 0.15) is 34.9 Å². The first-order valence-corrected chi connectivity index (χ1v) is 16.3. The van der Waals surface area contributed by atoms with Crippen molar-refractivity contribution in [2.24, 2.45) is 0 Å². The molecule has 1 fully saturated rings. The van der Waals surface area contributed by atoms with Gasteiger partial charge in [-0.2, -0.15) is 0 Å². The zero-order valence-corrected chi connectivity index (χ0v) is 24.0. The van der Waals surface area contributed by atoms with E-state index < -0.39 is 58.3 Å². The average molecular weight is 630 g/mol. The number of halogens is 2. The average Bonchev–Trinajstić information content (AvgIpc) is 3.35. The highest BCUT2D eigenvalue weighted by Gasteiger charge is 2.46. The number of para-hydroxylation sites is 1. The van der Waals surface area contributed by atoms with E-state index in [9.17, 15) is 28.6 Å². The molecule has 0 spiro atoms. The van der Waals surface area contributed by atoms with E-state index >= 15 is 0 Å². The van der Waals surface area contributed by atoms with Crippen molar-refractivity contribution in [2.75, 3.05) is 17.8 Å². The maximum Gasteiger partial charge on any atom is 0.340 e. The summed E-state index contributed by atoms with van der Waals surface area (Å²) in [6, 6.07) is 14.6. The van der Waals surface area contributed by atoms with E-state index in [-0.39, 0.29) is 16.6 Å². The minimum atomic E-state index is -4.87. The minimum Gasteiger partial charge on any atom is -0.387 e. The molecule has 16 heteroatoms. The van der Waals surface area contributed by atoms with Gasteiger partial charge in [-0.25, -0.2) is 9.37 Å². The smallest absolute Gasteiger partial charge is 0.340 e. The predicted molar refractivity (Wildman–Crippen MR) is 149 cm³/mol. The van der Waals surface area contributed by atoms with Crippen LogP contribution in [0.1, 0.15) is 24.8 Å². The number of anilines is 1. The maximum absolute atomic E-state index is 14.5. The standard InChI is InChI=1S/C25H27ClFN3O9P2/c1-13(14-6-2-4-8-16(14)27)28-17-10-20(26)29-24-21(17)15-7-3-5-9-18(15)30(24)25-23(32)22(31)19(39-25)11-38-41(36,37)12-40(33,34)35/h2-10,13,19,22-23,25,31-32H,11-12H2,1H3,(H,28,29)(H,36,37)(H2,33,34,35)/t13-,19+,22+,23+,25+/m0/s1. The van der Waals surface area contributed by atoms with Gasteiger partial charge >= 0.3 is 15.2 Å². The van der Waals surface area contributed by atoms with Gasteiger partial charge in [-0.1, -0.05) is 48.0 Å². The number of nitrogens with one attached hydrogen (secondary N) is 1. The highest BCUT2D eigenvalue weighted by atomic mass is 35.5. The van der Waals surface area contributed by atoms with Crippen LogP contribution < -0.4 is 5.32 Å². The van der Waals surface area contributed by atoms with Crippen LogP contribution in [0.3, 0.4) is 0 Å². The first-order valence-electron chi connectivity index (χ1n) is 12.4. The molecule has 4 aromatic rings. The number of rotatable bonds is 9. The summed E-state index contributed by atoms with van der Waals surface area (Å²) in [5.41, 5.74) is 1.77. The van der Waals surface area contributed by atoms with Crippen molar-refractivity contribution < 1.29 is 47.7 Å². The van der Waals surface area contributed by atoms with Gasteiger partial charge in [-0.05, 0) is 25.1 Å². The summed E-state index contributed by atoms with van der Waals surface area (Å²) >= 11 is 6.40. The van der Waals surface area contributed by atoms with E-state index in [1.165, 1.54) is 10.6 Å². The van der Waals surface area contributed by atoms with Gasteiger partial charge in [0, 0.05) is 16.6 Å². The fourth-order valence-corrected chi connectivity index (χ4v) is 7.76. The molecule has 1 saturated heterocycles. The van der Waals surface area contributed by atoms with Gasteiger partial charge in [-0.3, -0.25) is 13.7 Å². The Bertz CT molecular complexity index is 1700. The van der Waals surface area contributed by atoms with Gasteiger partial charge in [0.2, 0.25) is 0 Å². The number of ether oxygens (including phenoxy) is 1. The molecule has 1 aliphatic heterocycles. The number of pyridine rings is 1. The van der Waals surface area contributed by atoms with Crippen molar-refractivity contribution in [1.29, 1.82) is 0 Å². The lowest BCUT2D eigenvalue weighted by atomic mass is 10.1. The highest BCUT2D eigenvalue weighted by Crippen LogP contribution is 2.55. The molecule has 41 heavy (non-hydrogen) atoms. The summed E-state index contributed by atoms with van der Waals surface area (Å²) in [5, 5.41) is 26.3. The monoisotopic (exact) mass is 629 g/mol. The molecular formula is C25H27ClFN3O9P2. The second-order valence-corrected chi connectivity index (χ2v) is 14.1. The van der Waals surface area contributed by atoms with Crippen molar-refractivity contribution in [1.82, 2.24) is 9.55 Å². The summed E-state index contributed by atoms with van der Waals surface area (Å²) in [7, 11) is -9.60. The van der Waals surface area contributed by atoms with Crippen molar-refractivity contribution in [3.05, 3.63) is 71.1 Å². The first kappa shape index (κ1) is 30.1. The number of benzene rings is 2. The third-order valence-electron chi connectivity index (χ3n) is 6.77. The molecule has 0 amide bonds. The normalized spacial score (nSPS) is 23.6. The lowest BCUT2D eigenvalue weighted by Gasteiger charge is -2.20. The summed E-state index contributed by atoms with van der Waals surface area (Å²) < 4.78 is 50.0. The predicted octanol–water partition coefficient (Wildman–Crippen LogP) is 4.11. The second-order valence-electron chi connectivity index (χ2n) is 9.75. The summed E-state index contributed by atoms with van der Waals surface area (Å²) in [6.45, 7) is 1.05. The second kappa shape index (κ2) is 11.3. The van der Waals surface area contributed by atoms with E-state index in [1.807, 2.05) is 6.07 Å². The van der Waals surface area contributed by atoms with Crippen LogP contribution in [-0.4, -0.2) is 65.3 Å². The molecule has 6 atom stereocenters. The molecule has 0 aliphatic carbocycles. The third kappa shape index (κ3) is 6.21. The fraction of sp³-hybridized carbons (Fsp3) is 0.320. The Balaban J connectivity index is 1.53. The zero-order valence-electron chi connectivity index (χ0n) is 21.4. The van der Waals surface area contributed by atoms with Crippen LogP contribution >= 0.6 is 26.8 Å². The number of aromatic nitrogens is 2. The van der Waals surface area contributed by atoms with E-state index in [0.29, 0.717) is 27.5 Å². The number of fused-ring (bicyclic) bond motifs is 3. The first-order chi connectivity index (χ1) is 19.3. The van der Waals surface area contributed by atoms with Gasteiger partial charge in [0.25, 0.3) is 0 Å². The lowest BCUT2D eigenvalue weighted by molar-refractivity contribution is -0.0461. The molecule has 3 heterocycles. The Hall–Kier alpha value is -2.41. The number of aliphatic hydroxyl groups is 2. The molecule has 0 radical (unpaired) electrons. The van der Waals surface area contributed by atoms with Crippen molar-refractivity contribution >= 4 is 54.4 Å². The molecule has 220 valence electrons. The van der Waals surface area contributed by atoms with Crippen LogP contribution in [0.2, 0.25) is 5.15 Å². The van der Waals surface area contributed by atoms with Crippen LogP contribution in [0.25, 0.3) is 21.9 Å². The van der Waals surface area contributed by atoms with E-state index in [4.69, 9.17) is 30.6 Å². The fourth-order valence-electron chi connectivity index (χ4n) is 5.00. The SMILES string of the molecule is C[C@H](Nc1cc(Cl)nc2c1c1ccccc1n2[C@@H]1O[C@H](COP(=O)(O)CP(=O)(O)O)[C@@H](O)[C@H]1O)c1ccccc1F. The van der Waals surface area contributed by atoms with Crippen molar-refractivity contribution in [2.45, 2.75) is 37.5 Å². The van der Waals surface area contributed by atoms with Crippen LogP contribution in [0, 0.1) is 5.82 Å². The molecule has 1 aliphatic rings. The summed E-state index contributed by atoms with van der Waals surface area (Å²) in [4.78, 5) is 32.3. The summed E-state index contributed by atoms with van der Waals surface area (Å²) in [6.07, 6.45) is -5.74. The van der Waals surface area contributed by atoms with E-state index in [1.54, 1.807) is 49.4 Å². The number of hydrogen-bond acceptors (Lipinski definition) is 8. The topological polar surface area (TPSA) is 184 Å². The number of nitrogens with zero attached hydrogens (tertiary/aromatic N) is 2. The number of aliphatic hydroxyl groups excluding tert-OH is 2. The minimum absolute atomic E-state index is 0.0800. The van der Waals surface area contributed by atoms with Gasteiger partial charge in [0.05, 0.1) is 23.6 Å². The van der Waals surface area contributed by atoms with E-state index in [0.717, 1.165) is 0 Å². The summed E-state index contributed by atoms with van der Waals surface area (Å²) in [5.74, 6) is -1.80. The van der Waals surface area contributed by atoms with Crippen LogP contribution in [0.4, 0.5) is 10.1 Å². The van der Waals surface area contributed by atoms with Crippen molar-refractivity contribution in [3.8, 4) is 0 Å². The molecule has 0 bridgehead atoms. The quantitative estimate of drug-likeness (QED) is 0.116. The molecule has 5 rings (SSSR count). The van der Waals surface area contributed by atoms with Gasteiger partial charge in [-0.15, -0.1) is 0 Å². The highest BCUT2D eigenvalue weighted by molar-refractivity contribution is 7.70. The molecule has 1 unspecified atom stereocenters. The Morgan fingerprint density at radius 2 is 1.80 bits per heavy atom. The van der Waals surface area contributed by atoms with Crippen LogP contribution in [0.5, 0.6) is 0 Å². The Morgan fingerprint density at radius 3 is 2.51 bits per heavy atom. The molecule has 2 aromatic carbocycles. The van der Waals surface area contributed by atoms with Gasteiger partial charge in [0.15, 0.2) is 12.1 Å². The Kier molecular flexibility index (Phi) is 8.32. The molecule has 2 aromatic heterocycles. The largest absolute Gasteiger partial charge is 0.387 e. The molecular weight excluding hydrogens is 603 g/mol. The Morgan fingerprint density at radius 1 is 1.12 bits per heavy atom. The third-order valence-corrected chi connectivity index (χ3v) is 10.4. The van der Waals surface area contributed by atoms with Crippen LogP contribution in [-0.2, 0) is 18.4 Å². The zero-order chi connectivity index (χ0) is 29.7. The number of hydrogen-bond donors (Lipinski definition) is 6. The van der Waals surface area contributed by atoms with E-state index in [2.05, 4.69) is 10.3 Å². The maximum atomic E-state index is 14.5. The van der Waals surface area contributed by atoms with Crippen molar-refractivity contribution in [3.63, 3.8) is 0 Å². The Labute approximate surface area is 238 Å². The molecule has 6 N–H and O–H groups in total.